The normalized spacial score (nSPS) is 27.1. The smallest absolute Gasteiger partial charge is 0.320 e. The predicted octanol–water partition coefficient (Wildman–Crippen LogP) is 1.39. The molecule has 2 heterocycles. The first-order valence-corrected chi connectivity index (χ1v) is 7.91. The number of aliphatic hydroxyl groups is 1. The van der Waals surface area contributed by atoms with Crippen LogP contribution in [0.25, 0.3) is 0 Å². The number of rotatable bonds is 4. The zero-order chi connectivity index (χ0) is 15.4. The van der Waals surface area contributed by atoms with E-state index in [2.05, 4.69) is 6.92 Å². The molecule has 120 valence electrons. The van der Waals surface area contributed by atoms with Crippen LogP contribution in [-0.4, -0.2) is 64.3 Å². The number of aliphatic carboxylic acids is 1. The molecule has 2 aliphatic heterocycles. The van der Waals surface area contributed by atoms with Gasteiger partial charge in [0.25, 0.3) is 0 Å². The van der Waals surface area contributed by atoms with Crippen LogP contribution in [0.15, 0.2) is 0 Å². The summed E-state index contributed by atoms with van der Waals surface area (Å²) in [6.45, 7) is 4.23. The van der Waals surface area contributed by atoms with Gasteiger partial charge in [0.1, 0.15) is 0 Å². The van der Waals surface area contributed by atoms with Crippen molar-refractivity contribution in [3.8, 4) is 0 Å². The summed E-state index contributed by atoms with van der Waals surface area (Å²) < 4.78 is 0. The van der Waals surface area contributed by atoms with Gasteiger partial charge in [-0.05, 0) is 37.5 Å². The number of likely N-dealkylation sites (tertiary alicyclic amines) is 2. The maximum atomic E-state index is 12.5. The maximum Gasteiger partial charge on any atom is 0.320 e. The number of amides is 2. The number of urea groups is 1. The third-order valence-electron chi connectivity index (χ3n) is 4.97. The largest absolute Gasteiger partial charge is 0.481 e. The number of hydrogen-bond acceptors (Lipinski definition) is 3. The molecule has 0 aromatic rings. The van der Waals surface area contributed by atoms with Gasteiger partial charge in [0, 0.05) is 26.1 Å². The lowest BCUT2D eigenvalue weighted by Gasteiger charge is -2.36. The Morgan fingerprint density at radius 3 is 2.38 bits per heavy atom. The Morgan fingerprint density at radius 1 is 1.14 bits per heavy atom. The fraction of sp³-hybridized carbons (Fsp3) is 0.867. The van der Waals surface area contributed by atoms with E-state index in [9.17, 15) is 14.7 Å². The molecular formula is C15H26N2O4. The third-order valence-corrected chi connectivity index (χ3v) is 4.97. The summed E-state index contributed by atoms with van der Waals surface area (Å²) in [6, 6.07) is -0.0164. The number of aliphatic hydroxyl groups excluding tert-OH is 1. The summed E-state index contributed by atoms with van der Waals surface area (Å²) >= 11 is 0. The molecule has 6 nitrogen and oxygen atoms in total. The SMILES string of the molecule is CC1CCN(C(=O)N2CCC(CCC(=O)O)CC2)C1CO. The van der Waals surface area contributed by atoms with Crippen molar-refractivity contribution in [2.24, 2.45) is 11.8 Å². The minimum absolute atomic E-state index is 0.0297. The van der Waals surface area contributed by atoms with Crippen LogP contribution < -0.4 is 0 Å². The van der Waals surface area contributed by atoms with Gasteiger partial charge in [-0.3, -0.25) is 4.79 Å². The van der Waals surface area contributed by atoms with Crippen molar-refractivity contribution in [1.82, 2.24) is 9.80 Å². The Balaban J connectivity index is 1.82. The van der Waals surface area contributed by atoms with Crippen molar-refractivity contribution >= 4 is 12.0 Å². The third kappa shape index (κ3) is 3.87. The van der Waals surface area contributed by atoms with Gasteiger partial charge in [-0.15, -0.1) is 0 Å². The molecule has 0 saturated carbocycles. The average Bonchev–Trinajstić information content (AvgIpc) is 2.85. The quantitative estimate of drug-likeness (QED) is 0.821. The number of nitrogens with zero attached hydrogens (tertiary/aromatic N) is 2. The molecule has 2 fully saturated rings. The van der Waals surface area contributed by atoms with E-state index >= 15 is 0 Å². The monoisotopic (exact) mass is 298 g/mol. The topological polar surface area (TPSA) is 81.1 Å². The number of carbonyl (C=O) groups is 2. The summed E-state index contributed by atoms with van der Waals surface area (Å²) in [5.41, 5.74) is 0. The first kappa shape index (κ1) is 16.1. The second kappa shape index (κ2) is 7.11. The molecule has 0 spiro atoms. The minimum atomic E-state index is -0.745. The van der Waals surface area contributed by atoms with Gasteiger partial charge in [0.15, 0.2) is 0 Å². The van der Waals surface area contributed by atoms with Gasteiger partial charge >= 0.3 is 12.0 Å². The van der Waals surface area contributed by atoms with Gasteiger partial charge in [-0.1, -0.05) is 6.92 Å². The van der Waals surface area contributed by atoms with Gasteiger partial charge < -0.3 is 20.0 Å². The first-order chi connectivity index (χ1) is 10.0. The molecule has 2 aliphatic rings. The highest BCUT2D eigenvalue weighted by molar-refractivity contribution is 5.75. The van der Waals surface area contributed by atoms with Crippen LogP contribution in [0.5, 0.6) is 0 Å². The molecule has 0 aliphatic carbocycles. The second-order valence-electron chi connectivity index (χ2n) is 6.35. The molecule has 0 radical (unpaired) electrons. The lowest BCUT2D eigenvalue weighted by molar-refractivity contribution is -0.137. The number of carboxylic acid groups (broad SMARTS) is 1. The molecule has 2 rings (SSSR count). The Hall–Kier alpha value is -1.30. The Kier molecular flexibility index (Phi) is 5.45. The van der Waals surface area contributed by atoms with Crippen molar-refractivity contribution in [2.45, 2.75) is 45.1 Å². The van der Waals surface area contributed by atoms with Gasteiger partial charge in [-0.2, -0.15) is 0 Å². The molecule has 21 heavy (non-hydrogen) atoms. The maximum absolute atomic E-state index is 12.5. The summed E-state index contributed by atoms with van der Waals surface area (Å²) in [5.74, 6) is 0.0219. The van der Waals surface area contributed by atoms with E-state index in [1.165, 1.54) is 0 Å². The molecular weight excluding hydrogens is 272 g/mol. The highest BCUT2D eigenvalue weighted by Crippen LogP contribution is 2.27. The van der Waals surface area contributed by atoms with Crippen molar-refractivity contribution in [1.29, 1.82) is 0 Å². The molecule has 0 bridgehead atoms. The van der Waals surface area contributed by atoms with Crippen LogP contribution in [0.1, 0.15) is 39.0 Å². The molecule has 2 amide bonds. The van der Waals surface area contributed by atoms with E-state index in [4.69, 9.17) is 5.11 Å². The Labute approximate surface area is 125 Å². The van der Waals surface area contributed by atoms with E-state index in [1.54, 1.807) is 0 Å². The summed E-state index contributed by atoms with van der Waals surface area (Å²) in [7, 11) is 0. The van der Waals surface area contributed by atoms with E-state index in [0.29, 0.717) is 31.3 Å². The van der Waals surface area contributed by atoms with Crippen LogP contribution in [0, 0.1) is 11.8 Å². The standard InChI is InChI=1S/C15H26N2O4/c1-11-4-9-17(13(11)10-18)15(21)16-7-5-12(6-8-16)2-3-14(19)20/h11-13,18H,2-10H2,1H3,(H,19,20). The molecule has 2 unspecified atom stereocenters. The highest BCUT2D eigenvalue weighted by atomic mass is 16.4. The lowest BCUT2D eigenvalue weighted by Crippen LogP contribution is -2.50. The fourth-order valence-corrected chi connectivity index (χ4v) is 3.45. The molecule has 6 heteroatoms. The Morgan fingerprint density at radius 2 is 1.81 bits per heavy atom. The van der Waals surface area contributed by atoms with Crippen LogP contribution in [0.3, 0.4) is 0 Å². The van der Waals surface area contributed by atoms with Gasteiger partial charge in [0.2, 0.25) is 0 Å². The molecule has 2 atom stereocenters. The lowest BCUT2D eigenvalue weighted by atomic mass is 9.92. The van der Waals surface area contributed by atoms with Crippen molar-refractivity contribution in [3.05, 3.63) is 0 Å². The summed E-state index contributed by atoms with van der Waals surface area (Å²) in [5, 5.41) is 18.2. The predicted molar refractivity (Wildman–Crippen MR) is 77.9 cm³/mol. The molecule has 0 aromatic carbocycles. The zero-order valence-electron chi connectivity index (χ0n) is 12.7. The van der Waals surface area contributed by atoms with Crippen molar-refractivity contribution in [2.75, 3.05) is 26.2 Å². The summed E-state index contributed by atoms with van der Waals surface area (Å²) in [4.78, 5) is 26.8. The second-order valence-corrected chi connectivity index (χ2v) is 6.35. The first-order valence-electron chi connectivity index (χ1n) is 7.91. The highest BCUT2D eigenvalue weighted by Gasteiger charge is 2.36. The van der Waals surface area contributed by atoms with E-state index < -0.39 is 5.97 Å². The summed E-state index contributed by atoms with van der Waals surface area (Å²) in [6.07, 6.45) is 3.64. The zero-order valence-corrected chi connectivity index (χ0v) is 12.7. The fourth-order valence-electron chi connectivity index (χ4n) is 3.45. The van der Waals surface area contributed by atoms with Crippen LogP contribution in [0.4, 0.5) is 4.79 Å². The minimum Gasteiger partial charge on any atom is -0.481 e. The van der Waals surface area contributed by atoms with Gasteiger partial charge in [0.05, 0.1) is 12.6 Å². The molecule has 0 aromatic heterocycles. The number of carbonyl (C=O) groups excluding carboxylic acids is 1. The van der Waals surface area contributed by atoms with Crippen LogP contribution in [-0.2, 0) is 4.79 Å². The van der Waals surface area contributed by atoms with Gasteiger partial charge in [-0.25, -0.2) is 4.79 Å². The van der Waals surface area contributed by atoms with Crippen molar-refractivity contribution < 1.29 is 19.8 Å². The van der Waals surface area contributed by atoms with Crippen LogP contribution in [0.2, 0.25) is 0 Å². The number of hydrogen-bond donors (Lipinski definition) is 2. The van der Waals surface area contributed by atoms with E-state index in [-0.39, 0.29) is 25.1 Å². The van der Waals surface area contributed by atoms with Crippen LogP contribution >= 0.6 is 0 Å². The van der Waals surface area contributed by atoms with E-state index in [1.807, 2.05) is 9.80 Å². The molecule has 2 N–H and O–H groups in total. The number of carboxylic acids is 1. The van der Waals surface area contributed by atoms with E-state index in [0.717, 1.165) is 25.8 Å². The van der Waals surface area contributed by atoms with Crippen molar-refractivity contribution in [3.63, 3.8) is 0 Å². The average molecular weight is 298 g/mol. The number of piperidine rings is 1. The Bertz CT molecular complexity index is 380. The molecule has 2 saturated heterocycles.